The lowest BCUT2D eigenvalue weighted by Crippen LogP contribution is -2.31. The lowest BCUT2D eigenvalue weighted by Gasteiger charge is -2.21. The summed E-state index contributed by atoms with van der Waals surface area (Å²) in [6.45, 7) is 5.74. The first-order valence-corrected chi connectivity index (χ1v) is 8.17. The van der Waals surface area contributed by atoms with Crippen LogP contribution in [0, 0.1) is 12.8 Å². The molecule has 2 aromatic heterocycles. The van der Waals surface area contributed by atoms with Gasteiger partial charge >= 0.3 is 0 Å². The van der Waals surface area contributed by atoms with Crippen molar-refractivity contribution in [2.45, 2.75) is 19.9 Å². The topological polar surface area (TPSA) is 80.4 Å². The largest absolute Gasteiger partial charge is 0.380 e. The van der Waals surface area contributed by atoms with Crippen molar-refractivity contribution >= 4 is 5.82 Å². The van der Waals surface area contributed by atoms with Gasteiger partial charge in [0.05, 0.1) is 37.8 Å². The molecule has 8 heteroatoms. The molecule has 1 unspecified atom stereocenters. The van der Waals surface area contributed by atoms with Gasteiger partial charge in [-0.05, 0) is 6.42 Å². The van der Waals surface area contributed by atoms with E-state index in [1.807, 2.05) is 31.4 Å². The van der Waals surface area contributed by atoms with E-state index in [0.29, 0.717) is 18.4 Å². The van der Waals surface area contributed by atoms with Crippen LogP contribution in [0.1, 0.15) is 17.4 Å². The van der Waals surface area contributed by atoms with Gasteiger partial charge in [0.2, 0.25) is 5.89 Å². The van der Waals surface area contributed by atoms with Crippen LogP contribution >= 0.6 is 0 Å². The summed E-state index contributed by atoms with van der Waals surface area (Å²) in [7, 11) is 3.92. The number of ether oxygens (including phenoxy) is 1. The van der Waals surface area contributed by atoms with Crippen molar-refractivity contribution < 1.29 is 9.26 Å². The van der Waals surface area contributed by atoms with E-state index in [4.69, 9.17) is 9.26 Å². The molecule has 24 heavy (non-hydrogen) atoms. The van der Waals surface area contributed by atoms with E-state index < -0.39 is 0 Å². The lowest BCUT2D eigenvalue weighted by atomic mass is 10.0. The molecular weight excluding hydrogens is 308 g/mol. The molecule has 1 atom stereocenters. The van der Waals surface area contributed by atoms with Crippen LogP contribution in [0.25, 0.3) is 0 Å². The lowest BCUT2D eigenvalue weighted by molar-refractivity contribution is 0.121. The summed E-state index contributed by atoms with van der Waals surface area (Å²) in [6.07, 6.45) is 4.52. The van der Waals surface area contributed by atoms with Crippen molar-refractivity contribution in [2.75, 3.05) is 45.3 Å². The normalized spacial score (nSPS) is 19.2. The van der Waals surface area contributed by atoms with Crippen LogP contribution in [0.3, 0.4) is 0 Å². The molecule has 0 N–H and O–H groups in total. The summed E-state index contributed by atoms with van der Waals surface area (Å²) in [5.41, 5.74) is 0.992. The van der Waals surface area contributed by atoms with Crippen molar-refractivity contribution in [3.8, 4) is 0 Å². The van der Waals surface area contributed by atoms with Crippen LogP contribution < -0.4 is 4.90 Å². The average Bonchev–Trinajstić information content (AvgIpc) is 2.83. The summed E-state index contributed by atoms with van der Waals surface area (Å²) < 4.78 is 10.8. The Kier molecular flexibility index (Phi) is 5.37. The van der Waals surface area contributed by atoms with Gasteiger partial charge in [0.25, 0.3) is 0 Å². The molecule has 130 valence electrons. The number of nitrogens with zero attached hydrogens (tertiary/aromatic N) is 6. The molecule has 1 aliphatic rings. The molecule has 1 aliphatic heterocycles. The summed E-state index contributed by atoms with van der Waals surface area (Å²) >= 11 is 0. The minimum atomic E-state index is 0.375. The van der Waals surface area contributed by atoms with Crippen LogP contribution in [0.5, 0.6) is 0 Å². The standard InChI is InChI=1S/C16H24N6O2/c1-12-19-15(20-24-12)10-22-4-5-23-11-13(9-22)6-14-7-18-16(8-17-14)21(2)3/h7-8,13H,4-6,9-11H2,1-3H3. The number of aromatic nitrogens is 4. The molecular formula is C16H24N6O2. The Morgan fingerprint density at radius 1 is 1.29 bits per heavy atom. The third kappa shape index (κ3) is 4.48. The zero-order valence-corrected chi connectivity index (χ0v) is 14.5. The summed E-state index contributed by atoms with van der Waals surface area (Å²) in [5, 5.41) is 3.98. The van der Waals surface area contributed by atoms with E-state index in [1.165, 1.54) is 0 Å². The maximum absolute atomic E-state index is 5.75. The van der Waals surface area contributed by atoms with Crippen LogP contribution in [-0.4, -0.2) is 65.4 Å². The number of hydrogen-bond acceptors (Lipinski definition) is 8. The summed E-state index contributed by atoms with van der Waals surface area (Å²) in [4.78, 5) is 17.5. The van der Waals surface area contributed by atoms with Crippen LogP contribution in [0.4, 0.5) is 5.82 Å². The first kappa shape index (κ1) is 16.8. The van der Waals surface area contributed by atoms with Crippen LogP contribution in [-0.2, 0) is 17.7 Å². The van der Waals surface area contributed by atoms with Crippen molar-refractivity contribution in [2.24, 2.45) is 5.92 Å². The molecule has 0 bridgehead atoms. The van der Waals surface area contributed by atoms with E-state index in [1.54, 1.807) is 6.92 Å². The van der Waals surface area contributed by atoms with Gasteiger partial charge in [0.1, 0.15) is 5.82 Å². The average molecular weight is 332 g/mol. The molecule has 8 nitrogen and oxygen atoms in total. The van der Waals surface area contributed by atoms with Crippen LogP contribution in [0.2, 0.25) is 0 Å². The number of hydrogen-bond donors (Lipinski definition) is 0. The molecule has 0 saturated carbocycles. The predicted molar refractivity (Wildman–Crippen MR) is 88.7 cm³/mol. The fourth-order valence-electron chi connectivity index (χ4n) is 2.81. The predicted octanol–water partition coefficient (Wildman–Crippen LogP) is 0.925. The Balaban J connectivity index is 1.60. The molecule has 1 saturated heterocycles. The van der Waals surface area contributed by atoms with Gasteiger partial charge in [-0.2, -0.15) is 4.98 Å². The molecule has 2 aromatic rings. The molecule has 3 heterocycles. The smallest absolute Gasteiger partial charge is 0.223 e. The molecule has 1 fully saturated rings. The molecule has 0 radical (unpaired) electrons. The molecule has 0 amide bonds. The van der Waals surface area contributed by atoms with E-state index >= 15 is 0 Å². The quantitative estimate of drug-likeness (QED) is 0.800. The van der Waals surface area contributed by atoms with Crippen molar-refractivity contribution in [1.29, 1.82) is 0 Å². The molecule has 0 aromatic carbocycles. The SMILES string of the molecule is Cc1nc(CN2CCOCC(Cc3cnc(N(C)C)cn3)C2)no1. The van der Waals surface area contributed by atoms with Gasteiger partial charge in [-0.25, -0.2) is 4.98 Å². The molecule has 0 spiro atoms. The molecule has 3 rings (SSSR count). The third-order valence-electron chi connectivity index (χ3n) is 4.00. The highest BCUT2D eigenvalue weighted by Gasteiger charge is 2.21. The second-order valence-corrected chi connectivity index (χ2v) is 6.37. The Hall–Kier alpha value is -2.06. The zero-order chi connectivity index (χ0) is 16.9. The third-order valence-corrected chi connectivity index (χ3v) is 4.00. The van der Waals surface area contributed by atoms with Crippen molar-refractivity contribution in [3.63, 3.8) is 0 Å². The minimum Gasteiger partial charge on any atom is -0.380 e. The fourth-order valence-corrected chi connectivity index (χ4v) is 2.81. The Morgan fingerprint density at radius 2 is 2.17 bits per heavy atom. The number of aryl methyl sites for hydroxylation is 1. The number of rotatable bonds is 5. The second kappa shape index (κ2) is 7.67. The number of anilines is 1. The highest BCUT2D eigenvalue weighted by molar-refractivity contribution is 5.32. The van der Waals surface area contributed by atoms with E-state index in [0.717, 1.165) is 50.1 Å². The maximum atomic E-state index is 5.75. The van der Waals surface area contributed by atoms with E-state index in [9.17, 15) is 0 Å². The van der Waals surface area contributed by atoms with Gasteiger partial charge in [-0.1, -0.05) is 5.16 Å². The van der Waals surface area contributed by atoms with E-state index in [-0.39, 0.29) is 0 Å². The van der Waals surface area contributed by atoms with Crippen LogP contribution in [0.15, 0.2) is 16.9 Å². The van der Waals surface area contributed by atoms with Gasteiger partial charge in [0.15, 0.2) is 5.82 Å². The second-order valence-electron chi connectivity index (χ2n) is 6.37. The van der Waals surface area contributed by atoms with Gasteiger partial charge in [0, 0.05) is 40.0 Å². The van der Waals surface area contributed by atoms with Gasteiger partial charge in [-0.3, -0.25) is 9.88 Å². The monoisotopic (exact) mass is 332 g/mol. The van der Waals surface area contributed by atoms with Crippen molar-refractivity contribution in [1.82, 2.24) is 25.0 Å². The zero-order valence-electron chi connectivity index (χ0n) is 14.5. The maximum Gasteiger partial charge on any atom is 0.223 e. The Morgan fingerprint density at radius 3 is 2.83 bits per heavy atom. The van der Waals surface area contributed by atoms with Crippen molar-refractivity contribution in [3.05, 3.63) is 29.8 Å². The summed E-state index contributed by atoms with van der Waals surface area (Å²) in [6, 6.07) is 0. The summed E-state index contributed by atoms with van der Waals surface area (Å²) in [5.74, 6) is 2.57. The first-order valence-electron chi connectivity index (χ1n) is 8.17. The van der Waals surface area contributed by atoms with Gasteiger partial charge < -0.3 is 14.2 Å². The first-order chi connectivity index (χ1) is 11.6. The highest BCUT2D eigenvalue weighted by atomic mass is 16.5. The minimum absolute atomic E-state index is 0.375. The Labute approximate surface area is 141 Å². The fraction of sp³-hybridized carbons (Fsp3) is 0.625. The van der Waals surface area contributed by atoms with Gasteiger partial charge in [-0.15, -0.1) is 0 Å². The highest BCUT2D eigenvalue weighted by Crippen LogP contribution is 2.15. The Bertz CT molecular complexity index is 642. The molecule has 0 aliphatic carbocycles. The van der Waals surface area contributed by atoms with E-state index in [2.05, 4.69) is 25.0 Å².